The molecule has 0 radical (unpaired) electrons. The maximum Gasteiger partial charge on any atom is 0.534 e. The van der Waals surface area contributed by atoms with Gasteiger partial charge in [0.15, 0.2) is 11.5 Å². The first kappa shape index (κ1) is 17.3. The van der Waals surface area contributed by atoms with Crippen LogP contribution in [0.1, 0.15) is 6.42 Å². The molecule has 0 bridgehead atoms. The standard InChI is InChI=1S/C11H9F3N2O8S/c12-11(13,14)25(22,23)24-4-1-3-2-15(10(20)21)7-5(3)16(8(7)17)6(4)9(18)19/h3,5,7H,1-2H2,(H,18,19)(H,20,21)/t3-,5-,7+/m1/s1. The van der Waals surface area contributed by atoms with E-state index < -0.39 is 69.5 Å². The van der Waals surface area contributed by atoms with Crippen molar-refractivity contribution in [2.24, 2.45) is 5.92 Å². The fraction of sp³-hybridized carbons (Fsp3) is 0.545. The van der Waals surface area contributed by atoms with Gasteiger partial charge in [-0.05, 0) is 0 Å². The average Bonchev–Trinajstić information content (AvgIpc) is 2.80. The third-order valence-corrected chi connectivity index (χ3v) is 5.24. The molecule has 0 aliphatic carbocycles. The van der Waals surface area contributed by atoms with Crippen LogP contribution in [0.2, 0.25) is 0 Å². The number of hydrogen-bond acceptors (Lipinski definition) is 6. The quantitative estimate of drug-likeness (QED) is 0.384. The minimum Gasteiger partial charge on any atom is -0.476 e. The van der Waals surface area contributed by atoms with Crippen LogP contribution in [0.15, 0.2) is 11.5 Å². The van der Waals surface area contributed by atoms with Crippen molar-refractivity contribution in [1.82, 2.24) is 9.80 Å². The molecule has 3 aliphatic rings. The second-order valence-electron chi connectivity index (χ2n) is 5.60. The van der Waals surface area contributed by atoms with Gasteiger partial charge >= 0.3 is 27.7 Å². The van der Waals surface area contributed by atoms with E-state index in [4.69, 9.17) is 5.11 Å². The van der Waals surface area contributed by atoms with Crippen LogP contribution in [0.4, 0.5) is 18.0 Å². The van der Waals surface area contributed by atoms with Crippen LogP contribution >= 0.6 is 0 Å². The average molecular weight is 386 g/mol. The van der Waals surface area contributed by atoms with Crippen LogP contribution in [0, 0.1) is 5.92 Å². The van der Waals surface area contributed by atoms with E-state index in [1.54, 1.807) is 0 Å². The van der Waals surface area contributed by atoms with Crippen LogP contribution in [0.5, 0.6) is 0 Å². The van der Waals surface area contributed by atoms with Crippen molar-refractivity contribution >= 4 is 28.1 Å². The molecule has 0 aromatic carbocycles. The molecule has 2 saturated heterocycles. The second kappa shape index (κ2) is 5.00. The molecule has 0 unspecified atom stereocenters. The van der Waals surface area contributed by atoms with Crippen molar-refractivity contribution in [3.8, 4) is 0 Å². The van der Waals surface area contributed by atoms with Gasteiger partial charge in [0.1, 0.15) is 6.04 Å². The Kier molecular flexibility index (Phi) is 3.46. The number of likely N-dealkylation sites (tertiary alicyclic amines) is 1. The lowest BCUT2D eigenvalue weighted by Crippen LogP contribution is -2.69. The molecule has 0 spiro atoms. The molecule has 0 aromatic heterocycles. The number of carbonyl (C=O) groups excluding carboxylic acids is 1. The molecular formula is C11H9F3N2O8S. The summed E-state index contributed by atoms with van der Waals surface area (Å²) in [5.74, 6) is -4.64. The smallest absolute Gasteiger partial charge is 0.476 e. The summed E-state index contributed by atoms with van der Waals surface area (Å²) in [4.78, 5) is 35.9. The Bertz CT molecular complexity index is 820. The van der Waals surface area contributed by atoms with E-state index in [1.807, 2.05) is 0 Å². The molecule has 10 nitrogen and oxygen atoms in total. The third kappa shape index (κ3) is 2.31. The first-order valence-corrected chi connectivity index (χ1v) is 8.07. The summed E-state index contributed by atoms with van der Waals surface area (Å²) in [5.41, 5.74) is -6.81. The van der Waals surface area contributed by atoms with Gasteiger partial charge in [-0.3, -0.25) is 14.6 Å². The number of carboxylic acids is 1. The van der Waals surface area contributed by atoms with Crippen molar-refractivity contribution in [1.29, 1.82) is 0 Å². The lowest BCUT2D eigenvalue weighted by atomic mass is 9.82. The van der Waals surface area contributed by atoms with Gasteiger partial charge in [0.05, 0.1) is 6.04 Å². The number of aliphatic carboxylic acids is 1. The molecule has 0 aromatic rings. The monoisotopic (exact) mass is 386 g/mol. The number of carboxylic acid groups (broad SMARTS) is 2. The van der Waals surface area contributed by atoms with Gasteiger partial charge < -0.3 is 14.4 Å². The number of carbonyl (C=O) groups is 3. The summed E-state index contributed by atoms with van der Waals surface area (Å²) in [7, 11) is -6.14. The molecule has 2 amide bonds. The van der Waals surface area contributed by atoms with Crippen molar-refractivity contribution in [3.05, 3.63) is 11.5 Å². The van der Waals surface area contributed by atoms with E-state index in [2.05, 4.69) is 4.18 Å². The molecule has 138 valence electrons. The fourth-order valence-corrected chi connectivity index (χ4v) is 3.85. The Balaban J connectivity index is 2.02. The highest BCUT2D eigenvalue weighted by Gasteiger charge is 2.65. The lowest BCUT2D eigenvalue weighted by molar-refractivity contribution is -0.156. The number of amides is 2. The SMILES string of the molecule is O=C(O)C1=C(OS(=O)(=O)C(F)(F)F)C[C@@H]2CN(C(=O)O)[C@@H]3C(=O)N1[C@H]23. The van der Waals surface area contributed by atoms with E-state index in [1.165, 1.54) is 0 Å². The Morgan fingerprint density at radius 2 is 1.84 bits per heavy atom. The van der Waals surface area contributed by atoms with Crippen LogP contribution in [-0.2, 0) is 23.9 Å². The molecule has 0 saturated carbocycles. The Morgan fingerprint density at radius 1 is 1.24 bits per heavy atom. The first-order valence-electron chi connectivity index (χ1n) is 6.66. The summed E-state index contributed by atoms with van der Waals surface area (Å²) in [5, 5.41) is 18.2. The van der Waals surface area contributed by atoms with E-state index in [0.29, 0.717) is 4.90 Å². The lowest BCUT2D eigenvalue weighted by Gasteiger charge is -2.48. The van der Waals surface area contributed by atoms with E-state index in [-0.39, 0.29) is 6.54 Å². The Labute approximate surface area is 137 Å². The van der Waals surface area contributed by atoms with Crippen molar-refractivity contribution < 1.29 is 50.4 Å². The molecule has 25 heavy (non-hydrogen) atoms. The van der Waals surface area contributed by atoms with Crippen LogP contribution in [-0.4, -0.2) is 70.5 Å². The molecule has 3 heterocycles. The van der Waals surface area contributed by atoms with Gasteiger partial charge in [-0.2, -0.15) is 21.6 Å². The number of rotatable bonds is 3. The van der Waals surface area contributed by atoms with Gasteiger partial charge in [0.2, 0.25) is 0 Å². The highest BCUT2D eigenvalue weighted by atomic mass is 32.2. The molecule has 3 atom stereocenters. The normalized spacial score (nSPS) is 28.6. The summed E-state index contributed by atoms with van der Waals surface area (Å²) >= 11 is 0. The minimum atomic E-state index is -6.14. The highest BCUT2D eigenvalue weighted by Crippen LogP contribution is 2.48. The number of allylic oxidation sites excluding steroid dienone is 1. The zero-order valence-corrected chi connectivity index (χ0v) is 12.7. The fourth-order valence-electron chi connectivity index (χ4n) is 3.34. The Morgan fingerprint density at radius 3 is 2.32 bits per heavy atom. The number of β-lactam (4-membered cyclic amide) rings is 1. The zero-order chi connectivity index (χ0) is 18.9. The van der Waals surface area contributed by atoms with E-state index in [0.717, 1.165) is 4.90 Å². The third-order valence-electron chi connectivity index (χ3n) is 4.26. The van der Waals surface area contributed by atoms with Gasteiger partial charge in [0, 0.05) is 18.9 Å². The molecule has 3 rings (SSSR count). The molecule has 2 fully saturated rings. The van der Waals surface area contributed by atoms with Crippen molar-refractivity contribution in [2.45, 2.75) is 24.0 Å². The number of nitrogens with zero attached hydrogens (tertiary/aromatic N) is 2. The van der Waals surface area contributed by atoms with Gasteiger partial charge in [-0.25, -0.2) is 9.59 Å². The summed E-state index contributed by atoms with van der Waals surface area (Å²) < 4.78 is 63.8. The summed E-state index contributed by atoms with van der Waals surface area (Å²) in [6.07, 6.45) is -2.01. The van der Waals surface area contributed by atoms with Crippen molar-refractivity contribution in [3.63, 3.8) is 0 Å². The summed E-state index contributed by atoms with van der Waals surface area (Å²) in [6.45, 7) is -0.265. The zero-order valence-electron chi connectivity index (χ0n) is 11.9. The predicted octanol–water partition coefficient (Wildman–Crippen LogP) is -0.258. The van der Waals surface area contributed by atoms with Crippen molar-refractivity contribution in [2.75, 3.05) is 6.54 Å². The number of alkyl halides is 3. The first-order chi connectivity index (χ1) is 11.4. The van der Waals surface area contributed by atoms with Crippen LogP contribution in [0.3, 0.4) is 0 Å². The van der Waals surface area contributed by atoms with Gasteiger partial charge in [0.25, 0.3) is 5.91 Å². The molecular weight excluding hydrogens is 377 g/mol. The summed E-state index contributed by atoms with van der Waals surface area (Å²) in [6, 6.07) is -2.02. The molecule has 2 N–H and O–H groups in total. The van der Waals surface area contributed by atoms with Crippen LogP contribution in [0.25, 0.3) is 0 Å². The van der Waals surface area contributed by atoms with E-state index >= 15 is 0 Å². The molecule has 3 aliphatic heterocycles. The predicted molar refractivity (Wildman–Crippen MR) is 68.0 cm³/mol. The Hall–Kier alpha value is -2.51. The van der Waals surface area contributed by atoms with Gasteiger partial charge in [-0.15, -0.1) is 0 Å². The van der Waals surface area contributed by atoms with Crippen LogP contribution < -0.4 is 0 Å². The maximum absolute atomic E-state index is 12.5. The highest BCUT2D eigenvalue weighted by molar-refractivity contribution is 7.87. The minimum absolute atomic E-state index is 0.265. The topological polar surface area (TPSA) is 142 Å². The largest absolute Gasteiger partial charge is 0.534 e. The number of halogens is 3. The maximum atomic E-state index is 12.5. The molecule has 14 heteroatoms. The number of hydrogen-bond donors (Lipinski definition) is 2. The van der Waals surface area contributed by atoms with Gasteiger partial charge in [-0.1, -0.05) is 0 Å². The second-order valence-corrected chi connectivity index (χ2v) is 7.14. The van der Waals surface area contributed by atoms with E-state index in [9.17, 15) is 41.1 Å².